The van der Waals surface area contributed by atoms with Crippen LogP contribution in [-0.4, -0.2) is 0 Å². The quantitative estimate of drug-likeness (QED) is 0.585. The maximum atomic E-state index is 2.41. The summed E-state index contributed by atoms with van der Waals surface area (Å²) >= 11 is 0. The Morgan fingerprint density at radius 1 is 1.25 bits per heavy atom. The van der Waals surface area contributed by atoms with E-state index in [-0.39, 0.29) is 0 Å². The number of hydrogen-bond acceptors (Lipinski definition) is 0. The molecule has 0 aromatic rings. The van der Waals surface area contributed by atoms with Crippen molar-refractivity contribution < 1.29 is 0 Å². The van der Waals surface area contributed by atoms with Gasteiger partial charge < -0.3 is 0 Å². The molecular weight excluding hydrogens is 144 g/mol. The van der Waals surface area contributed by atoms with Crippen molar-refractivity contribution in [3.05, 3.63) is 22.8 Å². The van der Waals surface area contributed by atoms with Crippen LogP contribution in [0.3, 0.4) is 0 Å². The van der Waals surface area contributed by atoms with E-state index in [0.717, 1.165) is 0 Å². The van der Waals surface area contributed by atoms with Crippen LogP contribution in [0.2, 0.25) is 0 Å². The Bertz CT molecular complexity index is 206. The van der Waals surface area contributed by atoms with Crippen molar-refractivity contribution in [2.24, 2.45) is 0 Å². The van der Waals surface area contributed by atoms with Gasteiger partial charge in [0.25, 0.3) is 0 Å². The van der Waals surface area contributed by atoms with Crippen LogP contribution in [0.1, 0.15) is 52.9 Å². The lowest BCUT2D eigenvalue weighted by molar-refractivity contribution is 0.799. The highest BCUT2D eigenvalue weighted by atomic mass is 14.1. The SMILES string of the molecule is CCCC1=C(CC)CCC(C)=C1. The highest BCUT2D eigenvalue weighted by Gasteiger charge is 2.08. The normalized spacial score (nSPS) is 18.1. The first-order valence-electron chi connectivity index (χ1n) is 5.16. The molecule has 0 bridgehead atoms. The zero-order chi connectivity index (χ0) is 8.97. The summed E-state index contributed by atoms with van der Waals surface area (Å²) in [7, 11) is 0. The molecule has 0 aromatic heterocycles. The molecule has 0 aliphatic heterocycles. The van der Waals surface area contributed by atoms with E-state index >= 15 is 0 Å². The Labute approximate surface area is 76.4 Å². The molecule has 0 atom stereocenters. The molecule has 0 aromatic carbocycles. The molecule has 1 rings (SSSR count). The summed E-state index contributed by atoms with van der Waals surface area (Å²) in [6, 6.07) is 0. The van der Waals surface area contributed by atoms with Gasteiger partial charge in [-0.2, -0.15) is 0 Å². The van der Waals surface area contributed by atoms with Gasteiger partial charge in [-0.1, -0.05) is 37.5 Å². The maximum Gasteiger partial charge on any atom is -0.0277 e. The van der Waals surface area contributed by atoms with Crippen LogP contribution in [0.15, 0.2) is 22.8 Å². The van der Waals surface area contributed by atoms with E-state index in [2.05, 4.69) is 26.8 Å². The maximum absolute atomic E-state index is 2.41. The predicted molar refractivity (Wildman–Crippen MR) is 55.2 cm³/mol. The molecular formula is C12H20. The number of rotatable bonds is 3. The fraction of sp³-hybridized carbons (Fsp3) is 0.667. The van der Waals surface area contributed by atoms with Crippen LogP contribution in [-0.2, 0) is 0 Å². The van der Waals surface area contributed by atoms with Gasteiger partial charge in [-0.25, -0.2) is 0 Å². The van der Waals surface area contributed by atoms with Crippen molar-refractivity contribution in [2.75, 3.05) is 0 Å². The minimum Gasteiger partial charge on any atom is -0.0727 e. The molecule has 12 heavy (non-hydrogen) atoms. The van der Waals surface area contributed by atoms with Crippen LogP contribution < -0.4 is 0 Å². The molecule has 1 aliphatic carbocycles. The fourth-order valence-corrected chi connectivity index (χ4v) is 1.90. The molecule has 0 amide bonds. The summed E-state index contributed by atoms with van der Waals surface area (Å²) in [5.74, 6) is 0. The first-order chi connectivity index (χ1) is 5.77. The van der Waals surface area contributed by atoms with Gasteiger partial charge in [0.1, 0.15) is 0 Å². The lowest BCUT2D eigenvalue weighted by atomic mass is 9.89. The fourth-order valence-electron chi connectivity index (χ4n) is 1.90. The van der Waals surface area contributed by atoms with E-state index in [1.165, 1.54) is 32.1 Å². The van der Waals surface area contributed by atoms with Crippen LogP contribution in [0.5, 0.6) is 0 Å². The standard InChI is InChI=1S/C12H20/c1-4-6-12-9-10(3)7-8-11(12)5-2/h9H,4-8H2,1-3H3. The van der Waals surface area contributed by atoms with Crippen molar-refractivity contribution in [1.82, 2.24) is 0 Å². The van der Waals surface area contributed by atoms with Gasteiger partial charge in [-0.15, -0.1) is 0 Å². The lowest BCUT2D eigenvalue weighted by Gasteiger charge is -2.17. The van der Waals surface area contributed by atoms with Crippen molar-refractivity contribution >= 4 is 0 Å². The molecule has 0 spiro atoms. The molecule has 0 heteroatoms. The minimum absolute atomic E-state index is 1.25. The van der Waals surface area contributed by atoms with Crippen molar-refractivity contribution in [1.29, 1.82) is 0 Å². The smallest absolute Gasteiger partial charge is 0.0277 e. The summed E-state index contributed by atoms with van der Waals surface area (Å²) in [6.07, 6.45) is 8.82. The third-order valence-electron chi connectivity index (χ3n) is 2.64. The van der Waals surface area contributed by atoms with Crippen molar-refractivity contribution in [3.8, 4) is 0 Å². The molecule has 0 fully saturated rings. The van der Waals surface area contributed by atoms with Gasteiger partial charge in [0.15, 0.2) is 0 Å². The van der Waals surface area contributed by atoms with Gasteiger partial charge >= 0.3 is 0 Å². The molecule has 0 saturated heterocycles. The summed E-state index contributed by atoms with van der Waals surface area (Å²) < 4.78 is 0. The van der Waals surface area contributed by atoms with Gasteiger partial charge in [0, 0.05) is 0 Å². The molecule has 0 nitrogen and oxygen atoms in total. The Balaban J connectivity index is 2.77. The van der Waals surface area contributed by atoms with E-state index in [9.17, 15) is 0 Å². The number of hydrogen-bond donors (Lipinski definition) is 0. The Morgan fingerprint density at radius 3 is 2.58 bits per heavy atom. The average molecular weight is 164 g/mol. The van der Waals surface area contributed by atoms with E-state index in [1.54, 1.807) is 16.7 Å². The summed E-state index contributed by atoms with van der Waals surface area (Å²) in [5, 5.41) is 0. The van der Waals surface area contributed by atoms with Gasteiger partial charge in [-0.05, 0) is 38.2 Å². The molecule has 68 valence electrons. The van der Waals surface area contributed by atoms with Crippen LogP contribution in [0.25, 0.3) is 0 Å². The van der Waals surface area contributed by atoms with E-state index in [0.29, 0.717) is 0 Å². The molecule has 0 saturated carbocycles. The average Bonchev–Trinajstić information content (AvgIpc) is 2.05. The molecule has 0 heterocycles. The topological polar surface area (TPSA) is 0 Å². The summed E-state index contributed by atoms with van der Waals surface area (Å²) in [5.41, 5.74) is 4.89. The predicted octanol–water partition coefficient (Wildman–Crippen LogP) is 4.23. The van der Waals surface area contributed by atoms with Crippen molar-refractivity contribution in [3.63, 3.8) is 0 Å². The monoisotopic (exact) mass is 164 g/mol. The molecule has 0 radical (unpaired) electrons. The van der Waals surface area contributed by atoms with Crippen LogP contribution in [0, 0.1) is 0 Å². The van der Waals surface area contributed by atoms with Crippen LogP contribution >= 0.6 is 0 Å². The zero-order valence-electron chi connectivity index (χ0n) is 8.61. The summed E-state index contributed by atoms with van der Waals surface area (Å²) in [4.78, 5) is 0. The van der Waals surface area contributed by atoms with Gasteiger partial charge in [-0.3, -0.25) is 0 Å². The molecule has 0 unspecified atom stereocenters. The third-order valence-corrected chi connectivity index (χ3v) is 2.64. The Kier molecular flexibility index (Phi) is 3.58. The second-order valence-electron chi connectivity index (χ2n) is 3.72. The highest BCUT2D eigenvalue weighted by molar-refractivity contribution is 5.32. The number of allylic oxidation sites excluding steroid dienone is 4. The van der Waals surface area contributed by atoms with Gasteiger partial charge in [0.2, 0.25) is 0 Å². The van der Waals surface area contributed by atoms with E-state index in [4.69, 9.17) is 0 Å². The van der Waals surface area contributed by atoms with Crippen LogP contribution in [0.4, 0.5) is 0 Å². The molecule has 0 N–H and O–H groups in total. The Morgan fingerprint density at radius 2 is 2.00 bits per heavy atom. The summed E-state index contributed by atoms with van der Waals surface area (Å²) in [6.45, 7) is 6.79. The van der Waals surface area contributed by atoms with Gasteiger partial charge in [0.05, 0.1) is 0 Å². The Hall–Kier alpha value is -0.520. The second kappa shape index (κ2) is 4.49. The van der Waals surface area contributed by atoms with E-state index in [1.807, 2.05) is 0 Å². The van der Waals surface area contributed by atoms with Crippen molar-refractivity contribution in [2.45, 2.75) is 52.9 Å². The largest absolute Gasteiger partial charge is 0.0727 e. The zero-order valence-corrected chi connectivity index (χ0v) is 8.61. The minimum atomic E-state index is 1.25. The first-order valence-corrected chi connectivity index (χ1v) is 5.16. The first kappa shape index (κ1) is 9.57. The highest BCUT2D eigenvalue weighted by Crippen LogP contribution is 2.28. The molecule has 1 aliphatic rings. The second-order valence-corrected chi connectivity index (χ2v) is 3.72. The third kappa shape index (κ3) is 2.23. The van der Waals surface area contributed by atoms with E-state index < -0.39 is 0 Å². The lowest BCUT2D eigenvalue weighted by Crippen LogP contribution is -1.97.